The van der Waals surface area contributed by atoms with E-state index in [2.05, 4.69) is 10.3 Å². The van der Waals surface area contributed by atoms with Gasteiger partial charge in [-0.15, -0.1) is 5.10 Å². The van der Waals surface area contributed by atoms with E-state index >= 15 is 0 Å². The van der Waals surface area contributed by atoms with Crippen molar-refractivity contribution < 1.29 is 19.0 Å². The van der Waals surface area contributed by atoms with E-state index in [1.165, 1.54) is 11.0 Å². The van der Waals surface area contributed by atoms with Gasteiger partial charge in [-0.05, 0) is 40.8 Å². The van der Waals surface area contributed by atoms with Gasteiger partial charge in [0.1, 0.15) is 11.9 Å². The fraction of sp³-hybridized carbons (Fsp3) is 0.357. The second-order valence-electron chi connectivity index (χ2n) is 5.12. The van der Waals surface area contributed by atoms with Crippen LogP contribution >= 0.6 is 22.6 Å². The highest BCUT2D eigenvalue weighted by molar-refractivity contribution is 14.1. The normalized spacial score (nSPS) is 17.6. The standard InChI is InChI=1S/C14H14FIN4O3/c15-12-5-10(1-2-13(12)16)20-8-11(23-14(20)22)7-19-6-9(3-4-21)17-18-19/h1-2,5-6,11,21H,3-4,7-8H2. The minimum Gasteiger partial charge on any atom is -0.442 e. The lowest BCUT2D eigenvalue weighted by molar-refractivity contribution is 0.129. The zero-order valence-corrected chi connectivity index (χ0v) is 14.2. The summed E-state index contributed by atoms with van der Waals surface area (Å²) in [6, 6.07) is 4.62. The van der Waals surface area contributed by atoms with Crippen molar-refractivity contribution in [3.8, 4) is 0 Å². The third kappa shape index (κ3) is 3.61. The molecule has 122 valence electrons. The number of benzene rings is 1. The van der Waals surface area contributed by atoms with Crippen LogP contribution in [0.5, 0.6) is 0 Å². The summed E-state index contributed by atoms with van der Waals surface area (Å²) in [6.07, 6.45) is 1.23. The number of hydrogen-bond donors (Lipinski definition) is 1. The molecule has 7 nitrogen and oxygen atoms in total. The van der Waals surface area contributed by atoms with Crippen LogP contribution in [0, 0.1) is 9.39 Å². The van der Waals surface area contributed by atoms with Gasteiger partial charge in [-0.2, -0.15) is 0 Å². The fourth-order valence-corrected chi connectivity index (χ4v) is 2.68. The molecule has 1 N–H and O–H groups in total. The van der Waals surface area contributed by atoms with Gasteiger partial charge in [0.2, 0.25) is 0 Å². The van der Waals surface area contributed by atoms with Crippen LogP contribution in [0.2, 0.25) is 0 Å². The molecule has 0 radical (unpaired) electrons. The highest BCUT2D eigenvalue weighted by Gasteiger charge is 2.33. The zero-order chi connectivity index (χ0) is 16.4. The first-order chi connectivity index (χ1) is 11.1. The molecule has 0 aliphatic carbocycles. The third-order valence-corrected chi connectivity index (χ3v) is 4.31. The number of anilines is 1. The number of aromatic nitrogens is 3. The number of cyclic esters (lactones) is 1. The SMILES string of the molecule is O=C1OC(Cn2cc(CCO)nn2)CN1c1ccc(I)c(F)c1. The summed E-state index contributed by atoms with van der Waals surface area (Å²) in [4.78, 5) is 13.4. The summed E-state index contributed by atoms with van der Waals surface area (Å²) in [6.45, 7) is 0.671. The van der Waals surface area contributed by atoms with Crippen LogP contribution in [0.1, 0.15) is 5.69 Å². The molecule has 1 saturated heterocycles. The highest BCUT2D eigenvalue weighted by Crippen LogP contribution is 2.25. The summed E-state index contributed by atoms with van der Waals surface area (Å²) < 4.78 is 21.0. The van der Waals surface area contributed by atoms with Crippen molar-refractivity contribution in [2.75, 3.05) is 18.1 Å². The number of amides is 1. The van der Waals surface area contributed by atoms with Gasteiger partial charge in [0, 0.05) is 22.8 Å². The molecule has 23 heavy (non-hydrogen) atoms. The smallest absolute Gasteiger partial charge is 0.414 e. The summed E-state index contributed by atoms with van der Waals surface area (Å²) in [7, 11) is 0. The molecule has 0 bridgehead atoms. The summed E-state index contributed by atoms with van der Waals surface area (Å²) >= 11 is 1.89. The molecule has 3 rings (SSSR count). The van der Waals surface area contributed by atoms with Crippen molar-refractivity contribution in [3.63, 3.8) is 0 Å². The second kappa shape index (κ2) is 6.79. The monoisotopic (exact) mass is 432 g/mol. The molecule has 2 heterocycles. The third-order valence-electron chi connectivity index (χ3n) is 3.43. The minimum absolute atomic E-state index is 0.00323. The molecule has 1 aromatic carbocycles. The molecular weight excluding hydrogens is 418 g/mol. The van der Waals surface area contributed by atoms with Gasteiger partial charge in [-0.3, -0.25) is 4.90 Å². The number of aliphatic hydroxyl groups is 1. The Morgan fingerprint density at radius 3 is 3.04 bits per heavy atom. The van der Waals surface area contributed by atoms with Crippen LogP contribution in [-0.2, 0) is 17.7 Å². The van der Waals surface area contributed by atoms with Gasteiger partial charge in [-0.1, -0.05) is 5.21 Å². The van der Waals surface area contributed by atoms with E-state index in [-0.39, 0.29) is 12.4 Å². The Balaban J connectivity index is 1.67. The van der Waals surface area contributed by atoms with Crippen molar-refractivity contribution in [2.45, 2.75) is 19.1 Å². The molecule has 0 spiro atoms. The average molecular weight is 432 g/mol. The Morgan fingerprint density at radius 2 is 2.30 bits per heavy atom. The molecule has 0 saturated carbocycles. The van der Waals surface area contributed by atoms with E-state index in [0.29, 0.717) is 34.5 Å². The summed E-state index contributed by atoms with van der Waals surface area (Å²) in [5.41, 5.74) is 1.14. The molecule has 1 aliphatic heterocycles. The van der Waals surface area contributed by atoms with E-state index in [1.54, 1.807) is 23.0 Å². The number of hydrogen-bond acceptors (Lipinski definition) is 5. The van der Waals surface area contributed by atoms with Gasteiger partial charge < -0.3 is 9.84 Å². The van der Waals surface area contributed by atoms with Gasteiger partial charge >= 0.3 is 6.09 Å². The number of aliphatic hydroxyl groups excluding tert-OH is 1. The lowest BCUT2D eigenvalue weighted by Gasteiger charge is -2.13. The first-order valence-electron chi connectivity index (χ1n) is 7.00. The predicted molar refractivity (Wildman–Crippen MR) is 87.5 cm³/mol. The molecular formula is C14H14FIN4O3. The maximum absolute atomic E-state index is 13.6. The van der Waals surface area contributed by atoms with E-state index in [4.69, 9.17) is 9.84 Å². The van der Waals surface area contributed by atoms with Crippen LogP contribution < -0.4 is 4.90 Å². The first kappa shape index (κ1) is 16.1. The van der Waals surface area contributed by atoms with E-state index in [1.807, 2.05) is 22.6 Å². The molecule has 1 aromatic heterocycles. The number of carbonyl (C=O) groups is 1. The topological polar surface area (TPSA) is 80.5 Å². The van der Waals surface area contributed by atoms with Crippen molar-refractivity contribution in [2.24, 2.45) is 0 Å². The quantitative estimate of drug-likeness (QED) is 0.727. The van der Waals surface area contributed by atoms with Crippen molar-refractivity contribution >= 4 is 34.4 Å². The van der Waals surface area contributed by atoms with Gasteiger partial charge in [-0.25, -0.2) is 13.9 Å². The minimum atomic E-state index is -0.508. The molecule has 1 aliphatic rings. The molecule has 1 unspecified atom stereocenters. The Morgan fingerprint density at radius 1 is 1.48 bits per heavy atom. The Hall–Kier alpha value is -1.75. The molecule has 1 fully saturated rings. The van der Waals surface area contributed by atoms with Crippen molar-refractivity contribution in [1.82, 2.24) is 15.0 Å². The summed E-state index contributed by atoms with van der Waals surface area (Å²) in [5, 5.41) is 16.7. The van der Waals surface area contributed by atoms with Gasteiger partial charge in [0.05, 0.1) is 24.5 Å². The largest absolute Gasteiger partial charge is 0.442 e. The van der Waals surface area contributed by atoms with E-state index in [0.717, 1.165) is 0 Å². The second-order valence-corrected chi connectivity index (χ2v) is 6.28. The van der Waals surface area contributed by atoms with Crippen LogP contribution in [0.25, 0.3) is 0 Å². The van der Waals surface area contributed by atoms with Gasteiger partial charge in [0.15, 0.2) is 0 Å². The van der Waals surface area contributed by atoms with Crippen molar-refractivity contribution in [3.05, 3.63) is 39.5 Å². The Labute approximate surface area is 145 Å². The first-order valence-corrected chi connectivity index (χ1v) is 8.08. The molecule has 1 amide bonds. The number of carbonyl (C=O) groups excluding carboxylic acids is 1. The van der Waals surface area contributed by atoms with E-state index in [9.17, 15) is 9.18 Å². The van der Waals surface area contributed by atoms with Crippen LogP contribution in [-0.4, -0.2) is 45.4 Å². The maximum Gasteiger partial charge on any atom is 0.414 e. The number of rotatable bonds is 5. The average Bonchev–Trinajstić information content (AvgIpc) is 3.10. The maximum atomic E-state index is 13.6. The fourth-order valence-electron chi connectivity index (χ4n) is 2.35. The molecule has 1 atom stereocenters. The Bertz CT molecular complexity index is 724. The lowest BCUT2D eigenvalue weighted by atomic mass is 10.2. The highest BCUT2D eigenvalue weighted by atomic mass is 127. The lowest BCUT2D eigenvalue weighted by Crippen LogP contribution is -2.26. The zero-order valence-electron chi connectivity index (χ0n) is 12.0. The number of ether oxygens (including phenoxy) is 1. The van der Waals surface area contributed by atoms with Crippen LogP contribution in [0.15, 0.2) is 24.4 Å². The van der Waals surface area contributed by atoms with E-state index < -0.39 is 12.2 Å². The van der Waals surface area contributed by atoms with Crippen LogP contribution in [0.3, 0.4) is 0 Å². The molecule has 9 heteroatoms. The summed E-state index contributed by atoms with van der Waals surface area (Å²) in [5.74, 6) is -0.371. The number of nitrogens with zero attached hydrogens (tertiary/aromatic N) is 4. The predicted octanol–water partition coefficient (Wildman–Crippen LogP) is 1.58. The Kier molecular flexibility index (Phi) is 4.76. The van der Waals surface area contributed by atoms with Gasteiger partial charge in [0.25, 0.3) is 0 Å². The van der Waals surface area contributed by atoms with Crippen molar-refractivity contribution in [1.29, 1.82) is 0 Å². The molecule has 2 aromatic rings. The van der Waals surface area contributed by atoms with Crippen LogP contribution in [0.4, 0.5) is 14.9 Å². The number of halogens is 2.